The normalized spacial score (nSPS) is 16.3. The van der Waals surface area contributed by atoms with Gasteiger partial charge in [-0.2, -0.15) is 8.78 Å². The van der Waals surface area contributed by atoms with E-state index in [1.165, 1.54) is 6.07 Å². The largest absolute Gasteiger partial charge is 0.493 e. The van der Waals surface area contributed by atoms with Gasteiger partial charge < -0.3 is 14.8 Å². The van der Waals surface area contributed by atoms with Gasteiger partial charge in [-0.05, 0) is 32.4 Å². The fourth-order valence-electron chi connectivity index (χ4n) is 3.08. The molecule has 3 rings (SSSR count). The summed E-state index contributed by atoms with van der Waals surface area (Å²) in [6, 6.07) is 5.25. The number of alkyl halides is 2. The zero-order chi connectivity index (χ0) is 18.1. The molecule has 1 unspecified atom stereocenters. The van der Waals surface area contributed by atoms with Crippen LogP contribution in [0.25, 0.3) is 0 Å². The standard InChI is InChI=1S/C18H19F2NO3S/c1-9-6-10(2)15-12(7-9)13(4-5-23-15)21-17(22)16-14(24-18(19)20)8-11(3)25-16/h6-8,13,18H,4-5H2,1-3H3,(H,21,22). The van der Waals surface area contributed by atoms with Crippen molar-refractivity contribution in [2.75, 3.05) is 6.61 Å². The molecule has 1 N–H and O–H groups in total. The molecular formula is C18H19F2NO3S. The number of benzene rings is 1. The van der Waals surface area contributed by atoms with Crippen molar-refractivity contribution in [2.24, 2.45) is 0 Å². The Morgan fingerprint density at radius 2 is 2.08 bits per heavy atom. The number of hydrogen-bond donors (Lipinski definition) is 1. The predicted molar refractivity (Wildman–Crippen MR) is 91.9 cm³/mol. The summed E-state index contributed by atoms with van der Waals surface area (Å²) in [4.78, 5) is 13.5. The van der Waals surface area contributed by atoms with Gasteiger partial charge in [-0.1, -0.05) is 17.7 Å². The molecule has 0 spiro atoms. The fraction of sp³-hybridized carbons (Fsp3) is 0.389. The molecule has 0 saturated carbocycles. The summed E-state index contributed by atoms with van der Waals surface area (Å²) in [6.07, 6.45) is 0.622. The first-order valence-corrected chi connectivity index (χ1v) is 8.77. The van der Waals surface area contributed by atoms with Gasteiger partial charge in [0, 0.05) is 16.9 Å². The number of halogens is 2. The van der Waals surface area contributed by atoms with Crippen LogP contribution in [0.15, 0.2) is 18.2 Å². The summed E-state index contributed by atoms with van der Waals surface area (Å²) in [5, 5.41) is 2.94. The van der Waals surface area contributed by atoms with Crippen LogP contribution in [-0.4, -0.2) is 19.1 Å². The number of carbonyl (C=O) groups is 1. The number of amides is 1. The van der Waals surface area contributed by atoms with Crippen LogP contribution in [-0.2, 0) is 0 Å². The molecule has 1 aromatic heterocycles. The van der Waals surface area contributed by atoms with Crippen LogP contribution in [0, 0.1) is 20.8 Å². The average molecular weight is 367 g/mol. The van der Waals surface area contributed by atoms with Gasteiger partial charge in [-0.25, -0.2) is 0 Å². The molecule has 4 nitrogen and oxygen atoms in total. The smallest absolute Gasteiger partial charge is 0.387 e. The first-order valence-electron chi connectivity index (χ1n) is 7.95. The lowest BCUT2D eigenvalue weighted by Crippen LogP contribution is -2.32. The molecule has 2 heterocycles. The molecule has 2 aromatic rings. The monoisotopic (exact) mass is 367 g/mol. The second-order valence-corrected chi connectivity index (χ2v) is 7.35. The van der Waals surface area contributed by atoms with Gasteiger partial charge in [-0.3, -0.25) is 4.79 Å². The van der Waals surface area contributed by atoms with Gasteiger partial charge in [-0.15, -0.1) is 11.3 Å². The highest BCUT2D eigenvalue weighted by atomic mass is 32.1. The zero-order valence-corrected chi connectivity index (χ0v) is 15.0. The molecule has 25 heavy (non-hydrogen) atoms. The Labute approximate surface area is 148 Å². The van der Waals surface area contributed by atoms with Gasteiger partial charge in [0.15, 0.2) is 0 Å². The first-order chi connectivity index (χ1) is 11.8. The Morgan fingerprint density at radius 3 is 2.80 bits per heavy atom. The van der Waals surface area contributed by atoms with Gasteiger partial charge in [0.25, 0.3) is 5.91 Å². The average Bonchev–Trinajstić information content (AvgIpc) is 2.88. The number of thiophene rings is 1. The third-order valence-electron chi connectivity index (χ3n) is 4.02. The number of ether oxygens (including phenoxy) is 2. The van der Waals surface area contributed by atoms with E-state index in [2.05, 4.69) is 10.1 Å². The number of aryl methyl sites for hydroxylation is 3. The maximum Gasteiger partial charge on any atom is 0.387 e. The summed E-state index contributed by atoms with van der Waals surface area (Å²) < 4.78 is 35.3. The van der Waals surface area contributed by atoms with E-state index in [-0.39, 0.29) is 16.7 Å². The number of rotatable bonds is 4. The maximum atomic E-state index is 12.6. The van der Waals surface area contributed by atoms with Crippen molar-refractivity contribution in [1.82, 2.24) is 5.32 Å². The van der Waals surface area contributed by atoms with Gasteiger partial charge >= 0.3 is 6.61 Å². The highest BCUT2D eigenvalue weighted by molar-refractivity contribution is 7.14. The first kappa shape index (κ1) is 17.7. The van der Waals surface area contributed by atoms with Crippen LogP contribution in [0.1, 0.15) is 43.7 Å². The van der Waals surface area contributed by atoms with E-state index in [9.17, 15) is 13.6 Å². The van der Waals surface area contributed by atoms with Crippen LogP contribution in [0.2, 0.25) is 0 Å². The molecule has 1 aliphatic rings. The van der Waals surface area contributed by atoms with Gasteiger partial charge in [0.1, 0.15) is 16.4 Å². The molecule has 0 saturated heterocycles. The summed E-state index contributed by atoms with van der Waals surface area (Å²) in [6.45, 7) is 3.22. The quantitative estimate of drug-likeness (QED) is 0.864. The molecule has 1 aliphatic heterocycles. The predicted octanol–water partition coefficient (Wildman–Crippen LogP) is 4.53. The van der Waals surface area contributed by atoms with Crippen LogP contribution in [0.3, 0.4) is 0 Å². The minimum atomic E-state index is -2.96. The van der Waals surface area contributed by atoms with Crippen molar-refractivity contribution in [3.05, 3.63) is 44.6 Å². The number of carbonyl (C=O) groups excluding carboxylic acids is 1. The highest BCUT2D eigenvalue weighted by Gasteiger charge is 2.27. The Kier molecular flexibility index (Phi) is 4.94. The van der Waals surface area contributed by atoms with Crippen molar-refractivity contribution in [1.29, 1.82) is 0 Å². The minimum absolute atomic E-state index is 0.0808. The van der Waals surface area contributed by atoms with Crippen molar-refractivity contribution < 1.29 is 23.0 Å². The Bertz CT molecular complexity index is 804. The maximum absolute atomic E-state index is 12.6. The van der Waals surface area contributed by atoms with Crippen molar-refractivity contribution in [2.45, 2.75) is 39.8 Å². The molecule has 0 aliphatic carbocycles. The van der Waals surface area contributed by atoms with Crippen LogP contribution >= 0.6 is 11.3 Å². The summed E-state index contributed by atoms with van der Waals surface area (Å²) in [5.41, 5.74) is 3.01. The third-order valence-corrected chi connectivity index (χ3v) is 5.06. The van der Waals surface area contributed by atoms with Gasteiger partial charge in [0.05, 0.1) is 12.6 Å². The van der Waals surface area contributed by atoms with E-state index in [1.54, 1.807) is 6.92 Å². The molecule has 0 fully saturated rings. The lowest BCUT2D eigenvalue weighted by molar-refractivity contribution is -0.0498. The van der Waals surface area contributed by atoms with E-state index in [0.717, 1.165) is 38.7 Å². The molecule has 7 heteroatoms. The third kappa shape index (κ3) is 3.76. The Hall–Kier alpha value is -2.15. The Morgan fingerprint density at radius 1 is 1.32 bits per heavy atom. The van der Waals surface area contributed by atoms with E-state index >= 15 is 0 Å². The summed E-state index contributed by atoms with van der Waals surface area (Å²) >= 11 is 1.14. The summed E-state index contributed by atoms with van der Waals surface area (Å²) in [7, 11) is 0. The minimum Gasteiger partial charge on any atom is -0.493 e. The second-order valence-electron chi connectivity index (χ2n) is 6.09. The van der Waals surface area contributed by atoms with E-state index in [4.69, 9.17) is 4.74 Å². The second kappa shape index (κ2) is 7.00. The van der Waals surface area contributed by atoms with Crippen LogP contribution in [0.4, 0.5) is 8.78 Å². The molecule has 1 amide bonds. The molecule has 1 aromatic carbocycles. The van der Waals surface area contributed by atoms with Crippen LogP contribution in [0.5, 0.6) is 11.5 Å². The van der Waals surface area contributed by atoms with E-state index in [1.807, 2.05) is 26.0 Å². The number of hydrogen-bond acceptors (Lipinski definition) is 4. The summed E-state index contributed by atoms with van der Waals surface area (Å²) in [5.74, 6) is 0.294. The molecule has 134 valence electrons. The lowest BCUT2D eigenvalue weighted by atomic mass is 9.95. The van der Waals surface area contributed by atoms with Gasteiger partial charge in [0.2, 0.25) is 0 Å². The number of nitrogens with one attached hydrogen (secondary N) is 1. The topological polar surface area (TPSA) is 47.6 Å². The molecule has 1 atom stereocenters. The number of fused-ring (bicyclic) bond motifs is 1. The SMILES string of the molecule is Cc1cc(C)c2c(c1)C(NC(=O)c1sc(C)cc1OC(F)F)CCO2. The van der Waals surface area contributed by atoms with Crippen molar-refractivity contribution in [3.63, 3.8) is 0 Å². The van der Waals surface area contributed by atoms with E-state index < -0.39 is 12.5 Å². The molecular weight excluding hydrogens is 348 g/mol. The lowest BCUT2D eigenvalue weighted by Gasteiger charge is -2.28. The Balaban J connectivity index is 1.86. The molecule has 0 radical (unpaired) electrons. The zero-order valence-electron chi connectivity index (χ0n) is 14.2. The molecule has 0 bridgehead atoms. The van der Waals surface area contributed by atoms with Crippen LogP contribution < -0.4 is 14.8 Å². The van der Waals surface area contributed by atoms with Crippen molar-refractivity contribution in [3.8, 4) is 11.5 Å². The van der Waals surface area contributed by atoms with Crippen molar-refractivity contribution >= 4 is 17.2 Å². The van der Waals surface area contributed by atoms with E-state index in [0.29, 0.717) is 13.0 Å². The highest BCUT2D eigenvalue weighted by Crippen LogP contribution is 2.37. The fourth-order valence-corrected chi connectivity index (χ4v) is 3.93.